The summed E-state index contributed by atoms with van der Waals surface area (Å²) in [4.78, 5) is 44.0. The molecule has 0 bridgehead atoms. The molecule has 0 N–H and O–H groups in total. The molecule has 1 amide bonds. The molecule has 7 nitrogen and oxygen atoms in total. The monoisotopic (exact) mass is 513 g/mol. The first kappa shape index (κ1) is 26.4. The number of aromatic nitrogens is 1. The van der Waals surface area contributed by atoms with Gasteiger partial charge in [0.05, 0.1) is 23.9 Å². The van der Waals surface area contributed by atoms with E-state index in [1.807, 2.05) is 49.3 Å². The van der Waals surface area contributed by atoms with Gasteiger partial charge in [-0.25, -0.2) is 0 Å². The van der Waals surface area contributed by atoms with E-state index in [4.69, 9.17) is 4.74 Å². The number of pyridine rings is 1. The zero-order valence-corrected chi connectivity index (χ0v) is 21.7. The highest BCUT2D eigenvalue weighted by Gasteiger charge is 2.27. The SMILES string of the molecule is COc1c(C(=O)N(C)CCN(C)C)sc2c1c(=O)n(CC(=O)c1ccccc1)c1ccccc21.Cl. The summed E-state index contributed by atoms with van der Waals surface area (Å²) in [6.45, 7) is 1.15. The van der Waals surface area contributed by atoms with Crippen molar-refractivity contribution >= 4 is 56.4 Å². The number of carbonyl (C=O) groups excluding carboxylic acids is 2. The number of carbonyl (C=O) groups is 2. The number of halogens is 1. The maximum Gasteiger partial charge on any atom is 0.267 e. The van der Waals surface area contributed by atoms with Gasteiger partial charge in [0.2, 0.25) is 0 Å². The molecular weight excluding hydrogens is 486 g/mol. The summed E-state index contributed by atoms with van der Waals surface area (Å²) in [7, 11) is 7.10. The molecule has 4 aromatic rings. The van der Waals surface area contributed by atoms with Crippen LogP contribution in [-0.2, 0) is 6.54 Å². The van der Waals surface area contributed by atoms with Crippen LogP contribution >= 0.6 is 23.7 Å². The summed E-state index contributed by atoms with van der Waals surface area (Å²) < 4.78 is 7.79. The molecular formula is C26H28ClN3O4S. The van der Waals surface area contributed by atoms with Crippen molar-refractivity contribution < 1.29 is 14.3 Å². The van der Waals surface area contributed by atoms with Gasteiger partial charge in [-0.2, -0.15) is 0 Å². The van der Waals surface area contributed by atoms with Crippen molar-refractivity contribution in [2.24, 2.45) is 0 Å². The second kappa shape index (κ2) is 11.0. The van der Waals surface area contributed by atoms with Crippen molar-refractivity contribution in [3.05, 3.63) is 75.4 Å². The molecule has 0 fully saturated rings. The topological polar surface area (TPSA) is 71.8 Å². The van der Waals surface area contributed by atoms with Crippen LogP contribution in [0.3, 0.4) is 0 Å². The van der Waals surface area contributed by atoms with Crippen molar-refractivity contribution in [1.29, 1.82) is 0 Å². The van der Waals surface area contributed by atoms with E-state index in [9.17, 15) is 14.4 Å². The molecule has 0 aliphatic heterocycles. The molecule has 0 aliphatic carbocycles. The second-order valence-corrected chi connectivity index (χ2v) is 9.42. The molecule has 2 aromatic heterocycles. The molecule has 35 heavy (non-hydrogen) atoms. The van der Waals surface area contributed by atoms with Gasteiger partial charge in [-0.1, -0.05) is 48.5 Å². The van der Waals surface area contributed by atoms with Crippen LogP contribution in [0.4, 0.5) is 0 Å². The third kappa shape index (κ3) is 5.10. The van der Waals surface area contributed by atoms with Gasteiger partial charge in [0.15, 0.2) is 11.5 Å². The van der Waals surface area contributed by atoms with E-state index >= 15 is 0 Å². The maximum atomic E-state index is 13.7. The van der Waals surface area contributed by atoms with E-state index in [0.717, 1.165) is 5.39 Å². The Morgan fingerprint density at radius 3 is 2.29 bits per heavy atom. The number of para-hydroxylation sites is 1. The Bertz CT molecular complexity index is 1430. The number of likely N-dealkylation sites (N-methyl/N-ethyl adjacent to an activating group) is 2. The summed E-state index contributed by atoms with van der Waals surface area (Å²) in [6, 6.07) is 16.4. The van der Waals surface area contributed by atoms with E-state index in [2.05, 4.69) is 0 Å². The number of thiophene rings is 1. The van der Waals surface area contributed by atoms with Crippen molar-refractivity contribution in [3.63, 3.8) is 0 Å². The van der Waals surface area contributed by atoms with Crippen LogP contribution in [0.5, 0.6) is 5.75 Å². The molecule has 0 radical (unpaired) electrons. The van der Waals surface area contributed by atoms with Gasteiger partial charge in [0, 0.05) is 31.1 Å². The predicted molar refractivity (Wildman–Crippen MR) is 144 cm³/mol. The lowest BCUT2D eigenvalue weighted by Crippen LogP contribution is -2.33. The average Bonchev–Trinajstić information content (AvgIpc) is 3.25. The van der Waals surface area contributed by atoms with E-state index in [0.29, 0.717) is 39.1 Å². The highest BCUT2D eigenvalue weighted by Crippen LogP contribution is 2.40. The van der Waals surface area contributed by atoms with Crippen LogP contribution in [0.15, 0.2) is 59.4 Å². The fourth-order valence-corrected chi connectivity index (χ4v) is 5.21. The fraction of sp³-hybridized carbons (Fsp3) is 0.269. The van der Waals surface area contributed by atoms with E-state index in [-0.39, 0.29) is 42.0 Å². The van der Waals surface area contributed by atoms with Gasteiger partial charge >= 0.3 is 0 Å². The lowest BCUT2D eigenvalue weighted by Gasteiger charge is -2.19. The Balaban J connectivity index is 0.00000342. The van der Waals surface area contributed by atoms with E-state index < -0.39 is 0 Å². The number of amides is 1. The number of ketones is 1. The minimum atomic E-state index is -0.346. The van der Waals surface area contributed by atoms with E-state index in [1.54, 1.807) is 36.2 Å². The Kier molecular flexibility index (Phi) is 8.32. The second-order valence-electron chi connectivity index (χ2n) is 8.40. The zero-order chi connectivity index (χ0) is 24.4. The quantitative estimate of drug-likeness (QED) is 0.331. The summed E-state index contributed by atoms with van der Waals surface area (Å²) in [5.74, 6) is -0.102. The number of hydrogen-bond acceptors (Lipinski definition) is 6. The number of Topliss-reactive ketones (excluding diaryl/α,β-unsaturated/α-hetero) is 1. The zero-order valence-electron chi connectivity index (χ0n) is 20.1. The molecule has 2 aromatic carbocycles. The number of fused-ring (bicyclic) bond motifs is 3. The molecule has 0 saturated heterocycles. The number of nitrogens with zero attached hydrogens (tertiary/aromatic N) is 3. The average molecular weight is 514 g/mol. The standard InChI is InChI=1S/C26H27N3O4S.ClH/c1-27(2)14-15-28(3)26(32)24-22(33-4)21-23(34-24)18-12-8-9-13-19(18)29(25(21)31)16-20(30)17-10-6-5-7-11-17;/h5-13H,14-16H2,1-4H3;1H. The van der Waals surface area contributed by atoms with Gasteiger partial charge in [-0.3, -0.25) is 19.0 Å². The molecule has 4 rings (SSSR count). The Labute approximate surface area is 213 Å². The van der Waals surface area contributed by atoms with Gasteiger partial charge in [0.25, 0.3) is 11.5 Å². The first-order chi connectivity index (χ1) is 16.3. The number of ether oxygens (including phenoxy) is 1. The fourth-order valence-electron chi connectivity index (χ4n) is 3.92. The van der Waals surface area contributed by atoms with Crippen LogP contribution < -0.4 is 10.3 Å². The highest BCUT2D eigenvalue weighted by atomic mass is 35.5. The van der Waals surface area contributed by atoms with Crippen LogP contribution in [0.25, 0.3) is 21.0 Å². The van der Waals surface area contributed by atoms with Gasteiger partial charge < -0.3 is 14.5 Å². The van der Waals surface area contributed by atoms with Gasteiger partial charge in [0.1, 0.15) is 10.3 Å². The molecule has 184 valence electrons. The van der Waals surface area contributed by atoms with Crippen molar-refractivity contribution in [3.8, 4) is 5.75 Å². The van der Waals surface area contributed by atoms with Crippen LogP contribution in [0.1, 0.15) is 20.0 Å². The minimum Gasteiger partial charge on any atom is -0.494 e. The molecule has 2 heterocycles. The third-order valence-corrected chi connectivity index (χ3v) is 6.98. The third-order valence-electron chi connectivity index (χ3n) is 5.79. The molecule has 0 spiro atoms. The van der Waals surface area contributed by atoms with E-state index in [1.165, 1.54) is 23.0 Å². The number of hydrogen-bond donors (Lipinski definition) is 0. The van der Waals surface area contributed by atoms with Crippen LogP contribution in [-0.4, -0.2) is 67.4 Å². The van der Waals surface area contributed by atoms with Crippen molar-refractivity contribution in [1.82, 2.24) is 14.4 Å². The number of rotatable bonds is 8. The summed E-state index contributed by atoms with van der Waals surface area (Å²) in [5, 5.41) is 1.13. The lowest BCUT2D eigenvalue weighted by molar-refractivity contribution is 0.0788. The highest BCUT2D eigenvalue weighted by molar-refractivity contribution is 7.22. The molecule has 0 atom stereocenters. The van der Waals surface area contributed by atoms with Gasteiger partial charge in [-0.15, -0.1) is 23.7 Å². The first-order valence-corrected chi connectivity index (χ1v) is 11.8. The maximum absolute atomic E-state index is 13.7. The van der Waals surface area contributed by atoms with Crippen molar-refractivity contribution in [2.75, 3.05) is 41.3 Å². The first-order valence-electron chi connectivity index (χ1n) is 10.9. The number of benzene rings is 2. The summed E-state index contributed by atoms with van der Waals surface area (Å²) in [5.41, 5.74) is 0.837. The summed E-state index contributed by atoms with van der Waals surface area (Å²) >= 11 is 1.26. The van der Waals surface area contributed by atoms with Crippen LogP contribution in [0.2, 0.25) is 0 Å². The normalized spacial score (nSPS) is 11.0. The van der Waals surface area contributed by atoms with Crippen molar-refractivity contribution in [2.45, 2.75) is 6.54 Å². The number of methoxy groups -OCH3 is 1. The Morgan fingerprint density at radius 2 is 1.63 bits per heavy atom. The Morgan fingerprint density at radius 1 is 0.971 bits per heavy atom. The largest absolute Gasteiger partial charge is 0.494 e. The summed E-state index contributed by atoms with van der Waals surface area (Å²) in [6.07, 6.45) is 0. The molecule has 9 heteroatoms. The molecule has 0 saturated carbocycles. The Hall–Kier alpha value is -3.20. The molecule has 0 aliphatic rings. The minimum absolute atomic E-state index is 0. The predicted octanol–water partition coefficient (Wildman–Crippen LogP) is 4.16. The van der Waals surface area contributed by atoms with Crippen LogP contribution in [0, 0.1) is 0 Å². The molecule has 0 unspecified atom stereocenters. The smallest absolute Gasteiger partial charge is 0.267 e. The lowest BCUT2D eigenvalue weighted by atomic mass is 10.1. The van der Waals surface area contributed by atoms with Gasteiger partial charge in [-0.05, 0) is 20.2 Å².